The summed E-state index contributed by atoms with van der Waals surface area (Å²) in [5.74, 6) is 6.05. The van der Waals surface area contributed by atoms with Gasteiger partial charge in [0.15, 0.2) is 0 Å². The molecule has 0 aliphatic rings. The highest BCUT2D eigenvalue weighted by molar-refractivity contribution is 5.94. The summed E-state index contributed by atoms with van der Waals surface area (Å²) in [5, 5.41) is 8.75. The summed E-state index contributed by atoms with van der Waals surface area (Å²) in [6.45, 7) is 2.13. The van der Waals surface area contributed by atoms with Crippen molar-refractivity contribution in [1.29, 1.82) is 0 Å². The predicted molar refractivity (Wildman–Crippen MR) is 79.5 cm³/mol. The number of imidazole rings is 1. The number of H-pyrrole nitrogens is 1. The van der Waals surface area contributed by atoms with Crippen molar-refractivity contribution in [3.63, 3.8) is 0 Å². The molecule has 0 unspecified atom stereocenters. The van der Waals surface area contributed by atoms with Gasteiger partial charge in [0.25, 0.3) is 5.91 Å². The normalized spacial score (nSPS) is 9.86. The lowest BCUT2D eigenvalue weighted by Crippen LogP contribution is -2.26. The molecule has 1 aromatic carbocycles. The van der Waals surface area contributed by atoms with Gasteiger partial charge in [-0.1, -0.05) is 11.8 Å². The molecule has 0 radical (unpaired) electrons. The lowest BCUT2D eigenvalue weighted by molar-refractivity contribution is 0.0781. The maximum absolute atomic E-state index is 12.4. The summed E-state index contributed by atoms with van der Waals surface area (Å²) in [6.07, 6.45) is 3.38. The van der Waals surface area contributed by atoms with E-state index in [1.807, 2.05) is 19.1 Å². The van der Waals surface area contributed by atoms with Gasteiger partial charge in [-0.05, 0) is 30.7 Å². The van der Waals surface area contributed by atoms with Crippen LogP contribution in [0.5, 0.6) is 0 Å². The van der Waals surface area contributed by atoms with Gasteiger partial charge in [-0.15, -0.1) is 0 Å². The largest absolute Gasteiger partial charge is 0.384 e. The Morgan fingerprint density at radius 2 is 2.24 bits per heavy atom. The van der Waals surface area contributed by atoms with Crippen LogP contribution in [0.3, 0.4) is 0 Å². The Bertz CT molecular complexity index is 681. The molecule has 2 rings (SSSR count). The Hall–Kier alpha value is -2.58. The van der Waals surface area contributed by atoms with Crippen molar-refractivity contribution < 1.29 is 9.90 Å². The first-order valence-corrected chi connectivity index (χ1v) is 6.55. The van der Waals surface area contributed by atoms with E-state index in [-0.39, 0.29) is 12.5 Å². The molecular formula is C16H17N3O2. The number of aryl methyl sites for hydroxylation is 1. The highest BCUT2D eigenvalue weighted by Crippen LogP contribution is 2.12. The van der Waals surface area contributed by atoms with Crippen LogP contribution in [-0.2, 0) is 6.54 Å². The molecule has 1 aromatic heterocycles. The molecule has 21 heavy (non-hydrogen) atoms. The second kappa shape index (κ2) is 6.73. The molecule has 0 spiro atoms. The Kier molecular flexibility index (Phi) is 4.75. The van der Waals surface area contributed by atoms with Crippen LogP contribution in [0.15, 0.2) is 30.6 Å². The van der Waals surface area contributed by atoms with Gasteiger partial charge in [-0.2, -0.15) is 0 Å². The molecule has 2 N–H and O–H groups in total. The van der Waals surface area contributed by atoms with Crippen molar-refractivity contribution in [2.75, 3.05) is 13.7 Å². The van der Waals surface area contributed by atoms with Crippen molar-refractivity contribution in [2.24, 2.45) is 0 Å². The summed E-state index contributed by atoms with van der Waals surface area (Å²) in [7, 11) is 1.73. The first kappa shape index (κ1) is 14.8. The van der Waals surface area contributed by atoms with Crippen molar-refractivity contribution in [3.05, 3.63) is 53.1 Å². The van der Waals surface area contributed by atoms with E-state index in [1.165, 1.54) is 0 Å². The molecule has 1 heterocycles. The zero-order valence-corrected chi connectivity index (χ0v) is 12.1. The number of amides is 1. The van der Waals surface area contributed by atoms with Crippen molar-refractivity contribution in [3.8, 4) is 11.8 Å². The van der Waals surface area contributed by atoms with Gasteiger partial charge in [0.2, 0.25) is 0 Å². The number of aromatic amines is 1. The topological polar surface area (TPSA) is 69.2 Å². The Balaban J connectivity index is 2.20. The molecule has 0 saturated carbocycles. The Labute approximate surface area is 123 Å². The quantitative estimate of drug-likeness (QED) is 0.835. The molecule has 0 aliphatic heterocycles. The summed E-state index contributed by atoms with van der Waals surface area (Å²) in [5.41, 5.74) is 2.25. The first-order valence-electron chi connectivity index (χ1n) is 6.55. The van der Waals surface area contributed by atoms with Crippen molar-refractivity contribution in [1.82, 2.24) is 14.9 Å². The molecule has 108 valence electrons. The van der Waals surface area contributed by atoms with E-state index in [1.54, 1.807) is 30.4 Å². The SMILES string of the molecule is Cc1cc(C#CCO)cc(C(=O)N(C)Cc2ncc[nH]2)c1. The molecule has 0 atom stereocenters. The number of hydrogen-bond donors (Lipinski definition) is 2. The minimum absolute atomic E-state index is 0.0952. The molecule has 0 bridgehead atoms. The maximum atomic E-state index is 12.4. The lowest BCUT2D eigenvalue weighted by Gasteiger charge is -2.16. The summed E-state index contributed by atoms with van der Waals surface area (Å²) in [6, 6.07) is 5.44. The summed E-state index contributed by atoms with van der Waals surface area (Å²) in [4.78, 5) is 21.1. The van der Waals surface area contributed by atoms with Crippen LogP contribution in [0.2, 0.25) is 0 Å². The number of carbonyl (C=O) groups is 1. The standard InChI is InChI=1S/C16H17N3O2/c1-12-8-13(4-3-7-20)10-14(9-12)16(21)19(2)11-15-17-5-6-18-15/h5-6,8-10,20H,7,11H2,1-2H3,(H,17,18). The summed E-state index contributed by atoms with van der Waals surface area (Å²) < 4.78 is 0. The van der Waals surface area contributed by atoms with Crippen molar-refractivity contribution in [2.45, 2.75) is 13.5 Å². The van der Waals surface area contributed by atoms with E-state index in [9.17, 15) is 4.79 Å². The number of aromatic nitrogens is 2. The van der Waals surface area contributed by atoms with Gasteiger partial charge in [-0.3, -0.25) is 4.79 Å². The van der Waals surface area contributed by atoms with Crippen LogP contribution in [0.1, 0.15) is 27.3 Å². The highest BCUT2D eigenvalue weighted by Gasteiger charge is 2.13. The number of benzene rings is 1. The van der Waals surface area contributed by atoms with Crippen LogP contribution in [0, 0.1) is 18.8 Å². The van der Waals surface area contributed by atoms with E-state index in [0.717, 1.165) is 17.0 Å². The number of nitrogens with one attached hydrogen (secondary N) is 1. The van der Waals surface area contributed by atoms with E-state index in [4.69, 9.17) is 5.11 Å². The third kappa shape index (κ3) is 3.94. The average Bonchev–Trinajstić information content (AvgIpc) is 2.96. The highest BCUT2D eigenvalue weighted by atomic mass is 16.2. The molecule has 0 saturated heterocycles. The lowest BCUT2D eigenvalue weighted by atomic mass is 10.1. The molecule has 2 aromatic rings. The van der Waals surface area contributed by atoms with Gasteiger partial charge in [-0.25, -0.2) is 4.98 Å². The van der Waals surface area contributed by atoms with Crippen LogP contribution in [-0.4, -0.2) is 39.5 Å². The maximum Gasteiger partial charge on any atom is 0.254 e. The zero-order chi connectivity index (χ0) is 15.2. The number of aliphatic hydroxyl groups is 1. The number of rotatable bonds is 3. The number of nitrogens with zero attached hydrogens (tertiary/aromatic N) is 2. The van der Waals surface area contributed by atoms with E-state index in [2.05, 4.69) is 21.8 Å². The third-order valence-corrected chi connectivity index (χ3v) is 2.92. The molecule has 5 heteroatoms. The van der Waals surface area contributed by atoms with Gasteiger partial charge >= 0.3 is 0 Å². The van der Waals surface area contributed by atoms with Crippen LogP contribution in [0.4, 0.5) is 0 Å². The van der Waals surface area contributed by atoms with Crippen LogP contribution >= 0.6 is 0 Å². The number of hydrogen-bond acceptors (Lipinski definition) is 3. The average molecular weight is 283 g/mol. The molecule has 1 amide bonds. The molecule has 0 fully saturated rings. The monoisotopic (exact) mass is 283 g/mol. The second-order valence-electron chi connectivity index (χ2n) is 4.74. The zero-order valence-electron chi connectivity index (χ0n) is 12.1. The van der Waals surface area contributed by atoms with Crippen LogP contribution in [0.25, 0.3) is 0 Å². The third-order valence-electron chi connectivity index (χ3n) is 2.92. The van der Waals surface area contributed by atoms with E-state index < -0.39 is 0 Å². The van der Waals surface area contributed by atoms with Crippen LogP contribution < -0.4 is 0 Å². The first-order chi connectivity index (χ1) is 10.1. The van der Waals surface area contributed by atoms with Gasteiger partial charge < -0.3 is 15.0 Å². The Morgan fingerprint density at radius 3 is 2.90 bits per heavy atom. The van der Waals surface area contributed by atoms with Crippen molar-refractivity contribution >= 4 is 5.91 Å². The fraction of sp³-hybridized carbons (Fsp3) is 0.250. The predicted octanol–water partition coefficient (Wildman–Crippen LogP) is 1.33. The van der Waals surface area contributed by atoms with Gasteiger partial charge in [0.1, 0.15) is 12.4 Å². The van der Waals surface area contributed by atoms with E-state index in [0.29, 0.717) is 12.1 Å². The fourth-order valence-corrected chi connectivity index (χ4v) is 2.02. The second-order valence-corrected chi connectivity index (χ2v) is 4.74. The molecule has 0 aliphatic carbocycles. The smallest absolute Gasteiger partial charge is 0.254 e. The van der Waals surface area contributed by atoms with Gasteiger partial charge in [0.05, 0.1) is 6.54 Å². The minimum Gasteiger partial charge on any atom is -0.384 e. The fourth-order valence-electron chi connectivity index (χ4n) is 2.02. The number of aliphatic hydroxyl groups excluding tert-OH is 1. The number of carbonyl (C=O) groups excluding carboxylic acids is 1. The summed E-state index contributed by atoms with van der Waals surface area (Å²) >= 11 is 0. The van der Waals surface area contributed by atoms with E-state index >= 15 is 0 Å². The minimum atomic E-state index is -0.199. The molecule has 5 nitrogen and oxygen atoms in total. The van der Waals surface area contributed by atoms with Gasteiger partial charge in [0, 0.05) is 30.6 Å². The Morgan fingerprint density at radius 1 is 1.43 bits per heavy atom. The molecular weight excluding hydrogens is 266 g/mol.